The smallest absolute Gasteiger partial charge is 0.387 e. The number of benzene rings is 1. The Kier molecular flexibility index (Phi) is 3.49. The number of para-hydroxylation sites is 1. The van der Waals surface area contributed by atoms with Crippen LogP contribution in [0, 0.1) is 0 Å². The predicted molar refractivity (Wildman–Crippen MR) is 89.6 cm³/mol. The molecule has 1 aromatic heterocycles. The van der Waals surface area contributed by atoms with E-state index in [0.29, 0.717) is 6.07 Å². The molecule has 1 saturated heterocycles. The summed E-state index contributed by atoms with van der Waals surface area (Å²) < 4.78 is 152. The molecule has 2 heterocycles. The third-order valence-corrected chi connectivity index (χ3v) is 3.55. The molecule has 2 aromatic rings. The Morgan fingerprint density at radius 1 is 1.19 bits per heavy atom. The average Bonchev–Trinajstić information content (AvgIpc) is 2.68. The minimum atomic E-state index is -5.36. The third kappa shape index (κ3) is 4.47. The van der Waals surface area contributed by atoms with Gasteiger partial charge in [-0.3, -0.25) is 0 Å². The standard InChI is InChI=1S/C17H16F6N2O.ClH/c18-16(19,20)11-5-3-4-9-10(15(26)12-6-1-2-7-24-12)8-13(17(21,22)23)25-14(9)11;/h3-5,8,12,15,24,26H,1-2,6-7H2;1H/t12-,15+;/m1./s1/i1D2,2D2,6D2,7D2,12D;. The van der Waals surface area contributed by atoms with E-state index >= 15 is 0 Å². The van der Waals surface area contributed by atoms with Gasteiger partial charge in [0, 0.05) is 23.7 Å². The Hall–Kier alpha value is -1.58. The van der Waals surface area contributed by atoms with E-state index in [1.54, 1.807) is 0 Å². The summed E-state index contributed by atoms with van der Waals surface area (Å²) in [6.45, 7) is -3.56. The van der Waals surface area contributed by atoms with Gasteiger partial charge >= 0.3 is 12.4 Å². The summed E-state index contributed by atoms with van der Waals surface area (Å²) in [5, 5.41) is 11.6. The zero-order valence-corrected chi connectivity index (χ0v) is 13.8. The van der Waals surface area contributed by atoms with Crippen LogP contribution >= 0.6 is 12.4 Å². The van der Waals surface area contributed by atoms with Crippen LogP contribution in [0.4, 0.5) is 26.3 Å². The number of nitrogens with zero attached hydrogens (tertiary/aromatic N) is 1. The van der Waals surface area contributed by atoms with Gasteiger partial charge in [-0.15, -0.1) is 12.4 Å². The van der Waals surface area contributed by atoms with Gasteiger partial charge in [0.1, 0.15) is 5.69 Å². The van der Waals surface area contributed by atoms with Gasteiger partial charge in [-0.25, -0.2) is 4.98 Å². The first-order valence-electron chi connectivity index (χ1n) is 11.5. The van der Waals surface area contributed by atoms with Gasteiger partial charge in [0.05, 0.1) is 17.2 Å². The summed E-state index contributed by atoms with van der Waals surface area (Å²) in [5.41, 5.74) is -6.02. The number of aliphatic hydroxyl groups is 1. The molecule has 0 unspecified atom stereocenters. The number of aliphatic hydroxyl groups excluding tert-OH is 1. The monoisotopic (exact) mass is 423 g/mol. The van der Waals surface area contributed by atoms with E-state index in [4.69, 9.17) is 12.3 Å². The normalized spacial score (nSPS) is 34.7. The molecule has 2 atom stereocenters. The van der Waals surface area contributed by atoms with E-state index in [-0.39, 0.29) is 18.5 Å². The van der Waals surface area contributed by atoms with Gasteiger partial charge in [0.15, 0.2) is 0 Å². The lowest BCUT2D eigenvalue weighted by Gasteiger charge is -2.29. The molecule has 1 aliphatic rings. The number of rotatable bonds is 2. The molecule has 0 radical (unpaired) electrons. The SMILES string of the molecule is Cl.[2H]C1([2H])N[C@@]([2H])([C@@H](O)c2cc(C(F)(F)F)nc3c(C(F)(F)F)cccc23)C([2H])([2H])C([2H])([2H])C1([2H])[2H]. The molecule has 1 fully saturated rings. The maximum atomic E-state index is 13.5. The molecule has 3 rings (SSSR count). The Morgan fingerprint density at radius 3 is 2.52 bits per heavy atom. The second-order valence-corrected chi connectivity index (χ2v) is 5.24. The van der Waals surface area contributed by atoms with Gasteiger partial charge in [-0.2, -0.15) is 26.3 Å². The van der Waals surface area contributed by atoms with Crippen LogP contribution in [-0.2, 0) is 12.4 Å². The fraction of sp³-hybridized carbons (Fsp3) is 0.471. The highest BCUT2D eigenvalue weighted by atomic mass is 35.5. The fourth-order valence-corrected chi connectivity index (χ4v) is 2.43. The molecule has 0 saturated carbocycles. The lowest BCUT2D eigenvalue weighted by molar-refractivity contribution is -0.142. The van der Waals surface area contributed by atoms with E-state index < -0.39 is 77.8 Å². The number of alkyl halides is 6. The Bertz CT molecular complexity index is 1180. The quantitative estimate of drug-likeness (QED) is 0.677. The van der Waals surface area contributed by atoms with Crippen molar-refractivity contribution in [2.45, 2.75) is 43.6 Å². The molecular formula is C17H17ClF6N2O. The van der Waals surface area contributed by atoms with Gasteiger partial charge in [-0.05, 0) is 36.9 Å². The summed E-state index contributed by atoms with van der Waals surface area (Å²) >= 11 is 0. The summed E-state index contributed by atoms with van der Waals surface area (Å²) in [6.07, 6.45) is -24.9. The number of halogens is 7. The maximum Gasteiger partial charge on any atom is 0.433 e. The van der Waals surface area contributed by atoms with E-state index in [0.717, 1.165) is 12.1 Å². The van der Waals surface area contributed by atoms with Gasteiger partial charge < -0.3 is 10.4 Å². The zero-order valence-electron chi connectivity index (χ0n) is 22.0. The van der Waals surface area contributed by atoms with Gasteiger partial charge in [0.25, 0.3) is 0 Å². The third-order valence-electron chi connectivity index (χ3n) is 3.55. The van der Waals surface area contributed by atoms with Crippen LogP contribution in [-0.4, -0.2) is 22.6 Å². The van der Waals surface area contributed by atoms with Crippen LogP contribution in [0.15, 0.2) is 24.3 Å². The second-order valence-electron chi connectivity index (χ2n) is 5.24. The Morgan fingerprint density at radius 2 is 1.89 bits per heavy atom. The summed E-state index contributed by atoms with van der Waals surface area (Å²) in [7, 11) is 0. The van der Waals surface area contributed by atoms with E-state index in [1.165, 1.54) is 5.32 Å². The minimum absolute atomic E-state index is 0. The van der Waals surface area contributed by atoms with Crippen LogP contribution < -0.4 is 5.32 Å². The number of piperidine rings is 1. The molecule has 0 aliphatic carbocycles. The highest BCUT2D eigenvalue weighted by Gasteiger charge is 2.38. The van der Waals surface area contributed by atoms with Gasteiger partial charge in [0.2, 0.25) is 0 Å². The second kappa shape index (κ2) is 7.81. The Balaban J connectivity index is 0.00000456. The number of pyridine rings is 1. The molecule has 0 spiro atoms. The molecule has 3 nitrogen and oxygen atoms in total. The largest absolute Gasteiger partial charge is 0.433 e. The molecule has 150 valence electrons. The zero-order chi connectivity index (χ0) is 27.2. The average molecular weight is 424 g/mol. The van der Waals surface area contributed by atoms with Crippen molar-refractivity contribution in [2.24, 2.45) is 0 Å². The van der Waals surface area contributed by atoms with Crippen molar-refractivity contribution in [3.05, 3.63) is 41.1 Å². The molecule has 2 N–H and O–H groups in total. The van der Waals surface area contributed by atoms with Crippen molar-refractivity contribution in [1.29, 1.82) is 0 Å². The van der Waals surface area contributed by atoms with Crippen molar-refractivity contribution in [1.82, 2.24) is 10.3 Å². The van der Waals surface area contributed by atoms with Crippen molar-refractivity contribution in [2.75, 3.05) is 6.50 Å². The first-order chi connectivity index (χ1) is 15.4. The highest BCUT2D eigenvalue weighted by Crippen LogP contribution is 2.39. The van der Waals surface area contributed by atoms with Crippen molar-refractivity contribution in [3.8, 4) is 0 Å². The maximum absolute atomic E-state index is 13.5. The Labute approximate surface area is 169 Å². The van der Waals surface area contributed by atoms with Gasteiger partial charge in [-0.1, -0.05) is 18.5 Å². The van der Waals surface area contributed by atoms with E-state index in [1.807, 2.05) is 0 Å². The van der Waals surface area contributed by atoms with Crippen LogP contribution in [0.2, 0.25) is 0 Å². The molecule has 0 bridgehead atoms. The van der Waals surface area contributed by atoms with Crippen LogP contribution in [0.5, 0.6) is 0 Å². The number of nitrogens with one attached hydrogen (secondary N) is 1. The van der Waals surface area contributed by atoms with Crippen LogP contribution in [0.3, 0.4) is 0 Å². The lowest BCUT2D eigenvalue weighted by atomic mass is 9.91. The summed E-state index contributed by atoms with van der Waals surface area (Å²) in [5.74, 6) is 0. The molecule has 1 aliphatic heterocycles. The molecule has 27 heavy (non-hydrogen) atoms. The lowest BCUT2D eigenvalue weighted by Crippen LogP contribution is -2.39. The fourth-order valence-electron chi connectivity index (χ4n) is 2.43. The summed E-state index contributed by atoms with van der Waals surface area (Å²) in [4.78, 5) is 3.00. The number of hydrogen-bond donors (Lipinski definition) is 2. The molecule has 10 heteroatoms. The highest BCUT2D eigenvalue weighted by molar-refractivity contribution is 5.86. The summed E-state index contributed by atoms with van der Waals surface area (Å²) in [6, 6.07) is -1.60. The van der Waals surface area contributed by atoms with Crippen molar-refractivity contribution >= 4 is 23.3 Å². The van der Waals surface area contributed by atoms with Crippen molar-refractivity contribution in [3.63, 3.8) is 0 Å². The van der Waals surface area contributed by atoms with Crippen LogP contribution in [0.1, 0.15) is 54.4 Å². The number of hydrogen-bond acceptors (Lipinski definition) is 3. The molecule has 0 amide bonds. The first-order valence-corrected chi connectivity index (χ1v) is 6.99. The van der Waals surface area contributed by atoms with Crippen LogP contribution in [0.25, 0.3) is 10.9 Å². The van der Waals surface area contributed by atoms with E-state index in [2.05, 4.69) is 4.98 Å². The van der Waals surface area contributed by atoms with Crippen molar-refractivity contribution < 1.29 is 43.8 Å². The number of aromatic nitrogens is 1. The topological polar surface area (TPSA) is 45.1 Å². The number of fused-ring (bicyclic) bond motifs is 1. The minimum Gasteiger partial charge on any atom is -0.387 e. The molecule has 1 aromatic carbocycles. The van der Waals surface area contributed by atoms with E-state index in [9.17, 15) is 31.4 Å². The molecular weight excluding hydrogens is 398 g/mol. The predicted octanol–water partition coefficient (Wildman–Crippen LogP) is 4.87. The first kappa shape index (κ1) is 12.1.